The normalized spacial score (nSPS) is 12.6. The third kappa shape index (κ3) is 5.68. The zero-order chi connectivity index (χ0) is 15.2. The minimum Gasteiger partial charge on any atom is -0.423 e. The van der Waals surface area contributed by atoms with Crippen molar-refractivity contribution < 1.29 is 23.7 Å². The summed E-state index contributed by atoms with van der Waals surface area (Å²) in [6.45, 7) is -0.845. The highest BCUT2D eigenvalue weighted by molar-refractivity contribution is 4.86. The van der Waals surface area contributed by atoms with Gasteiger partial charge in [-0.25, -0.2) is 0 Å². The van der Waals surface area contributed by atoms with E-state index >= 15 is 0 Å². The molecule has 0 aliphatic heterocycles. The standard InChI is InChI=1S/C10H7N5O5/c11-3-16-1-8(18-5-13)10(20-7-15)9(19-6-14)2-17-4-12/h8-10H,1-2H2. The number of hydrogen-bond acceptors (Lipinski definition) is 10. The van der Waals surface area contributed by atoms with Crippen LogP contribution in [0.3, 0.4) is 0 Å². The summed E-state index contributed by atoms with van der Waals surface area (Å²) < 4.78 is 22.6. The van der Waals surface area contributed by atoms with Gasteiger partial charge >= 0.3 is 0 Å². The minimum absolute atomic E-state index is 0.422. The van der Waals surface area contributed by atoms with E-state index in [0.717, 1.165) is 0 Å². The molecule has 0 rings (SSSR count). The highest BCUT2D eigenvalue weighted by atomic mass is 16.6. The number of rotatable bonds is 9. The summed E-state index contributed by atoms with van der Waals surface area (Å²) in [5.41, 5.74) is 0. The van der Waals surface area contributed by atoms with Gasteiger partial charge in [-0.3, -0.25) is 0 Å². The molecule has 0 saturated heterocycles. The fraction of sp³-hybridized carbons (Fsp3) is 0.500. The van der Waals surface area contributed by atoms with Gasteiger partial charge in [-0.05, 0) is 0 Å². The lowest BCUT2D eigenvalue weighted by Gasteiger charge is -2.25. The Bertz CT molecular complexity index is 453. The molecular formula is C10H7N5O5. The lowest BCUT2D eigenvalue weighted by Crippen LogP contribution is -2.45. The molecule has 0 aromatic carbocycles. The van der Waals surface area contributed by atoms with Gasteiger partial charge in [-0.1, -0.05) is 0 Å². The van der Waals surface area contributed by atoms with Gasteiger partial charge in [0.2, 0.25) is 0 Å². The van der Waals surface area contributed by atoms with Crippen molar-refractivity contribution in [1.29, 1.82) is 26.3 Å². The maximum atomic E-state index is 8.56. The van der Waals surface area contributed by atoms with E-state index in [2.05, 4.69) is 23.7 Å². The maximum Gasteiger partial charge on any atom is 0.286 e. The lowest BCUT2D eigenvalue weighted by atomic mass is 10.1. The van der Waals surface area contributed by atoms with E-state index in [-0.39, 0.29) is 0 Å². The number of hydrogen-bond donors (Lipinski definition) is 0. The van der Waals surface area contributed by atoms with Gasteiger partial charge in [0.05, 0.1) is 0 Å². The first-order valence-electron chi connectivity index (χ1n) is 4.91. The van der Waals surface area contributed by atoms with E-state index in [4.69, 9.17) is 26.3 Å². The molecule has 0 saturated carbocycles. The van der Waals surface area contributed by atoms with Gasteiger partial charge < -0.3 is 23.7 Å². The highest BCUT2D eigenvalue weighted by Gasteiger charge is 2.37. The smallest absolute Gasteiger partial charge is 0.286 e. The van der Waals surface area contributed by atoms with Gasteiger partial charge in [0.25, 0.3) is 31.3 Å². The Kier molecular flexibility index (Phi) is 8.71. The predicted molar refractivity (Wildman–Crippen MR) is 54.6 cm³/mol. The van der Waals surface area contributed by atoms with Crippen LogP contribution in [0.25, 0.3) is 0 Å². The Labute approximate surface area is 114 Å². The SMILES string of the molecule is N#COCC(OC#N)C(OC#N)C(COC#N)OC#N. The number of nitrogens with zero attached hydrogens (tertiary/aromatic N) is 5. The fourth-order valence-electron chi connectivity index (χ4n) is 1.22. The molecule has 0 aromatic heterocycles. The van der Waals surface area contributed by atoms with Crippen LogP contribution in [0, 0.1) is 57.6 Å². The largest absolute Gasteiger partial charge is 0.423 e. The highest BCUT2D eigenvalue weighted by Crippen LogP contribution is 2.13. The van der Waals surface area contributed by atoms with Crippen LogP contribution in [-0.2, 0) is 23.7 Å². The van der Waals surface area contributed by atoms with Crippen LogP contribution in [0.15, 0.2) is 0 Å². The molecule has 102 valence electrons. The lowest BCUT2D eigenvalue weighted by molar-refractivity contribution is -0.0910. The first kappa shape index (κ1) is 16.4. The number of ether oxygens (including phenoxy) is 5. The van der Waals surface area contributed by atoms with Crippen LogP contribution >= 0.6 is 0 Å². The van der Waals surface area contributed by atoms with Crippen molar-refractivity contribution in [3.63, 3.8) is 0 Å². The molecule has 10 heteroatoms. The monoisotopic (exact) mass is 277 g/mol. The van der Waals surface area contributed by atoms with E-state index in [1.165, 1.54) is 31.3 Å². The second kappa shape index (κ2) is 10.6. The molecule has 0 amide bonds. The van der Waals surface area contributed by atoms with Crippen LogP contribution < -0.4 is 0 Å². The zero-order valence-corrected chi connectivity index (χ0v) is 9.92. The Hall–Kier alpha value is -3.55. The topological polar surface area (TPSA) is 165 Å². The summed E-state index contributed by atoms with van der Waals surface area (Å²) in [5.74, 6) is 0. The first-order valence-corrected chi connectivity index (χ1v) is 4.91. The Morgan fingerprint density at radius 3 is 1.30 bits per heavy atom. The van der Waals surface area contributed by atoms with Crippen molar-refractivity contribution in [2.45, 2.75) is 18.3 Å². The molecule has 0 fully saturated rings. The van der Waals surface area contributed by atoms with Crippen molar-refractivity contribution in [2.24, 2.45) is 0 Å². The molecule has 0 heterocycles. The molecule has 0 aliphatic rings. The average molecular weight is 277 g/mol. The summed E-state index contributed by atoms with van der Waals surface area (Å²) >= 11 is 0. The van der Waals surface area contributed by atoms with Crippen LogP contribution in [0.4, 0.5) is 0 Å². The molecule has 0 aromatic rings. The van der Waals surface area contributed by atoms with Crippen LogP contribution in [0.2, 0.25) is 0 Å². The first-order chi connectivity index (χ1) is 9.74. The van der Waals surface area contributed by atoms with Crippen molar-refractivity contribution in [2.75, 3.05) is 13.2 Å². The van der Waals surface area contributed by atoms with E-state index in [9.17, 15) is 0 Å². The average Bonchev–Trinajstić information content (AvgIpc) is 2.46. The molecule has 0 spiro atoms. The number of nitriles is 5. The second-order valence-electron chi connectivity index (χ2n) is 2.97. The molecule has 20 heavy (non-hydrogen) atoms. The van der Waals surface area contributed by atoms with Crippen molar-refractivity contribution >= 4 is 0 Å². The van der Waals surface area contributed by atoms with Crippen LogP contribution in [-0.4, -0.2) is 31.5 Å². The van der Waals surface area contributed by atoms with Gasteiger partial charge in [0, 0.05) is 0 Å². The molecular weight excluding hydrogens is 270 g/mol. The van der Waals surface area contributed by atoms with E-state index < -0.39 is 31.5 Å². The summed E-state index contributed by atoms with van der Waals surface area (Å²) in [5, 5.41) is 42.2. The van der Waals surface area contributed by atoms with Crippen LogP contribution in [0.5, 0.6) is 0 Å². The summed E-state index contributed by atoms with van der Waals surface area (Å²) in [6, 6.07) is 0. The molecule has 0 N–H and O–H groups in total. The molecule has 2 atom stereocenters. The molecule has 2 unspecified atom stereocenters. The van der Waals surface area contributed by atoms with Crippen LogP contribution in [0.1, 0.15) is 0 Å². The third-order valence-electron chi connectivity index (χ3n) is 1.95. The van der Waals surface area contributed by atoms with Gasteiger partial charge in [0.1, 0.15) is 13.2 Å². The predicted octanol–water partition coefficient (Wildman–Crippen LogP) is -0.419. The maximum absolute atomic E-state index is 8.56. The van der Waals surface area contributed by atoms with Crippen molar-refractivity contribution in [3.8, 4) is 31.3 Å². The quantitative estimate of drug-likeness (QED) is 0.505. The van der Waals surface area contributed by atoms with E-state index in [1.54, 1.807) is 0 Å². The zero-order valence-electron chi connectivity index (χ0n) is 9.92. The summed E-state index contributed by atoms with van der Waals surface area (Å²) in [4.78, 5) is 0. The van der Waals surface area contributed by atoms with E-state index in [0.29, 0.717) is 0 Å². The molecule has 0 aliphatic carbocycles. The summed E-state index contributed by atoms with van der Waals surface area (Å²) in [7, 11) is 0. The van der Waals surface area contributed by atoms with Crippen molar-refractivity contribution in [3.05, 3.63) is 0 Å². The van der Waals surface area contributed by atoms with Gasteiger partial charge in [0.15, 0.2) is 18.3 Å². The Balaban J connectivity index is 5.06. The second-order valence-corrected chi connectivity index (χ2v) is 2.97. The Morgan fingerprint density at radius 1 is 0.600 bits per heavy atom. The molecule has 10 nitrogen and oxygen atoms in total. The van der Waals surface area contributed by atoms with Gasteiger partial charge in [-0.15, -0.1) is 0 Å². The third-order valence-corrected chi connectivity index (χ3v) is 1.95. The Morgan fingerprint density at radius 2 is 1.00 bits per heavy atom. The summed E-state index contributed by atoms with van der Waals surface area (Å²) in [6.07, 6.45) is 3.03. The molecule has 0 bridgehead atoms. The van der Waals surface area contributed by atoms with E-state index in [1.807, 2.05) is 0 Å². The van der Waals surface area contributed by atoms with Gasteiger partial charge in [-0.2, -0.15) is 26.3 Å². The minimum atomic E-state index is -1.29. The van der Waals surface area contributed by atoms with Crippen molar-refractivity contribution in [1.82, 2.24) is 0 Å². The molecule has 0 radical (unpaired) electrons. The fourth-order valence-corrected chi connectivity index (χ4v) is 1.22.